The summed E-state index contributed by atoms with van der Waals surface area (Å²) in [6, 6.07) is 13.3. The highest BCUT2D eigenvalue weighted by atomic mass is 35.5. The zero-order valence-electron chi connectivity index (χ0n) is 15.1. The maximum Gasteiger partial charge on any atom is 0.247 e. The number of carbonyl (C=O) groups excluding carboxylic acids is 2. The van der Waals surface area contributed by atoms with Crippen molar-refractivity contribution in [2.45, 2.75) is 32.5 Å². The number of rotatable bonds is 7. The molecule has 0 bridgehead atoms. The summed E-state index contributed by atoms with van der Waals surface area (Å²) in [6.07, 6.45) is 0. The molecule has 7 heteroatoms. The molecular formula is C20H21Cl3N2O2. The van der Waals surface area contributed by atoms with Crippen molar-refractivity contribution in [3.05, 3.63) is 69.7 Å². The Morgan fingerprint density at radius 2 is 1.70 bits per heavy atom. The van der Waals surface area contributed by atoms with Gasteiger partial charge in [-0.05, 0) is 37.1 Å². The molecule has 0 saturated carbocycles. The van der Waals surface area contributed by atoms with Crippen LogP contribution < -0.4 is 5.32 Å². The van der Waals surface area contributed by atoms with E-state index in [9.17, 15) is 9.59 Å². The zero-order valence-corrected chi connectivity index (χ0v) is 17.4. The standard InChI is InChI=1S/C20H21Cl3N2O2/c1-13(2)25(18(26)11-21)19(15-8-9-16(22)17(23)10-15)20(27)24-12-14-6-4-3-5-7-14/h3-10,13,19H,11-12H2,1-2H3,(H,24,27). The van der Waals surface area contributed by atoms with Crippen LogP contribution in [0.1, 0.15) is 31.0 Å². The average Bonchev–Trinajstić information content (AvgIpc) is 2.66. The van der Waals surface area contributed by atoms with E-state index >= 15 is 0 Å². The third kappa shape index (κ3) is 5.61. The first-order valence-corrected chi connectivity index (χ1v) is 9.78. The molecule has 0 fully saturated rings. The molecule has 2 amide bonds. The molecule has 144 valence electrons. The van der Waals surface area contributed by atoms with Crippen molar-refractivity contribution in [1.29, 1.82) is 0 Å². The summed E-state index contributed by atoms with van der Waals surface area (Å²) in [6.45, 7) is 4.01. The summed E-state index contributed by atoms with van der Waals surface area (Å²) in [4.78, 5) is 27.0. The van der Waals surface area contributed by atoms with E-state index in [-0.39, 0.29) is 23.7 Å². The Kier molecular flexibility index (Phi) is 7.96. The highest BCUT2D eigenvalue weighted by Gasteiger charge is 2.33. The van der Waals surface area contributed by atoms with Gasteiger partial charge in [-0.1, -0.05) is 59.6 Å². The fourth-order valence-electron chi connectivity index (χ4n) is 2.80. The molecule has 4 nitrogen and oxygen atoms in total. The van der Waals surface area contributed by atoms with Crippen LogP contribution in [-0.2, 0) is 16.1 Å². The quantitative estimate of drug-likeness (QED) is 0.644. The molecule has 2 aromatic rings. The largest absolute Gasteiger partial charge is 0.350 e. The van der Waals surface area contributed by atoms with Crippen LogP contribution in [0, 0.1) is 0 Å². The lowest BCUT2D eigenvalue weighted by molar-refractivity contribution is -0.141. The fraction of sp³-hybridized carbons (Fsp3) is 0.300. The molecule has 2 aromatic carbocycles. The third-order valence-electron chi connectivity index (χ3n) is 4.05. The van der Waals surface area contributed by atoms with Gasteiger partial charge in [0.25, 0.3) is 0 Å². The van der Waals surface area contributed by atoms with Gasteiger partial charge in [-0.15, -0.1) is 11.6 Å². The van der Waals surface area contributed by atoms with Gasteiger partial charge in [0.2, 0.25) is 11.8 Å². The first-order valence-electron chi connectivity index (χ1n) is 8.48. The number of nitrogens with zero attached hydrogens (tertiary/aromatic N) is 1. The van der Waals surface area contributed by atoms with Crippen molar-refractivity contribution in [3.8, 4) is 0 Å². The van der Waals surface area contributed by atoms with E-state index in [1.165, 1.54) is 4.90 Å². The van der Waals surface area contributed by atoms with Crippen LogP contribution >= 0.6 is 34.8 Å². The summed E-state index contributed by atoms with van der Waals surface area (Å²) in [5.41, 5.74) is 1.53. The minimum Gasteiger partial charge on any atom is -0.350 e. The van der Waals surface area contributed by atoms with Crippen LogP contribution in [-0.4, -0.2) is 28.6 Å². The van der Waals surface area contributed by atoms with Crippen molar-refractivity contribution in [3.63, 3.8) is 0 Å². The van der Waals surface area contributed by atoms with Crippen molar-refractivity contribution in [2.24, 2.45) is 0 Å². The van der Waals surface area contributed by atoms with Crippen LogP contribution in [0.15, 0.2) is 48.5 Å². The molecule has 1 N–H and O–H groups in total. The predicted octanol–water partition coefficient (Wildman–Crippen LogP) is 4.83. The van der Waals surface area contributed by atoms with Gasteiger partial charge in [-0.25, -0.2) is 0 Å². The topological polar surface area (TPSA) is 49.4 Å². The van der Waals surface area contributed by atoms with Crippen molar-refractivity contribution < 1.29 is 9.59 Å². The smallest absolute Gasteiger partial charge is 0.247 e. The average molecular weight is 428 g/mol. The molecule has 0 aliphatic heterocycles. The van der Waals surface area contributed by atoms with Crippen LogP contribution in [0.2, 0.25) is 10.0 Å². The molecule has 0 aromatic heterocycles. The molecule has 0 aliphatic carbocycles. The van der Waals surface area contributed by atoms with Gasteiger partial charge in [0.15, 0.2) is 0 Å². The molecule has 1 unspecified atom stereocenters. The van der Waals surface area contributed by atoms with Gasteiger partial charge in [0.05, 0.1) is 10.0 Å². The Hall–Kier alpha value is -1.75. The molecule has 2 rings (SSSR count). The molecular weight excluding hydrogens is 407 g/mol. The zero-order chi connectivity index (χ0) is 20.0. The number of hydrogen-bond donors (Lipinski definition) is 1. The third-order valence-corrected chi connectivity index (χ3v) is 5.02. The molecule has 1 atom stereocenters. The lowest BCUT2D eigenvalue weighted by atomic mass is 10.0. The van der Waals surface area contributed by atoms with Crippen molar-refractivity contribution in [1.82, 2.24) is 10.2 Å². The normalized spacial score (nSPS) is 11.9. The van der Waals surface area contributed by atoms with Crippen LogP contribution in [0.25, 0.3) is 0 Å². The number of amides is 2. The van der Waals surface area contributed by atoms with Crippen LogP contribution in [0.5, 0.6) is 0 Å². The summed E-state index contributed by atoms with van der Waals surface area (Å²) in [5.74, 6) is -0.871. The SMILES string of the molecule is CC(C)N(C(=O)CCl)C(C(=O)NCc1ccccc1)c1ccc(Cl)c(Cl)c1. The minimum absolute atomic E-state index is 0.220. The second kappa shape index (κ2) is 9.98. The number of nitrogens with one attached hydrogen (secondary N) is 1. The number of hydrogen-bond acceptors (Lipinski definition) is 2. The van der Waals surface area contributed by atoms with Gasteiger partial charge in [-0.2, -0.15) is 0 Å². The second-order valence-electron chi connectivity index (χ2n) is 6.31. The van der Waals surface area contributed by atoms with E-state index in [1.807, 2.05) is 44.2 Å². The van der Waals surface area contributed by atoms with Crippen molar-refractivity contribution >= 4 is 46.6 Å². The lowest BCUT2D eigenvalue weighted by Gasteiger charge is -2.34. The molecule has 0 spiro atoms. The van der Waals surface area contributed by atoms with Crippen LogP contribution in [0.4, 0.5) is 0 Å². The van der Waals surface area contributed by atoms with Gasteiger partial charge >= 0.3 is 0 Å². The van der Waals surface area contributed by atoms with Crippen LogP contribution in [0.3, 0.4) is 0 Å². The first-order chi connectivity index (χ1) is 12.8. The molecule has 0 radical (unpaired) electrons. The van der Waals surface area contributed by atoms with Gasteiger partial charge in [0.1, 0.15) is 11.9 Å². The van der Waals surface area contributed by atoms with E-state index in [2.05, 4.69) is 5.32 Å². The highest BCUT2D eigenvalue weighted by Crippen LogP contribution is 2.30. The number of benzene rings is 2. The Bertz CT molecular complexity index is 797. The highest BCUT2D eigenvalue weighted by molar-refractivity contribution is 6.42. The lowest BCUT2D eigenvalue weighted by Crippen LogP contribution is -2.47. The van der Waals surface area contributed by atoms with Crippen molar-refractivity contribution in [2.75, 3.05) is 5.88 Å². The number of alkyl halides is 1. The fourth-order valence-corrected chi connectivity index (χ4v) is 3.25. The summed E-state index contributed by atoms with van der Waals surface area (Å²) in [5, 5.41) is 3.59. The summed E-state index contributed by atoms with van der Waals surface area (Å²) in [7, 11) is 0. The Balaban J connectivity index is 2.36. The maximum atomic E-state index is 13.1. The Labute approximate surface area is 174 Å². The number of halogens is 3. The van der Waals surface area contributed by atoms with Gasteiger partial charge in [0, 0.05) is 12.6 Å². The van der Waals surface area contributed by atoms with E-state index in [4.69, 9.17) is 34.8 Å². The summed E-state index contributed by atoms with van der Waals surface area (Å²) < 4.78 is 0. The predicted molar refractivity (Wildman–Crippen MR) is 110 cm³/mol. The van der Waals surface area contributed by atoms with Gasteiger partial charge in [-0.3, -0.25) is 9.59 Å². The summed E-state index contributed by atoms with van der Waals surface area (Å²) >= 11 is 17.9. The number of carbonyl (C=O) groups is 2. The molecule has 0 aliphatic rings. The minimum atomic E-state index is -0.866. The maximum absolute atomic E-state index is 13.1. The van der Waals surface area contributed by atoms with Gasteiger partial charge < -0.3 is 10.2 Å². The second-order valence-corrected chi connectivity index (χ2v) is 7.39. The molecule has 0 heterocycles. The van der Waals surface area contributed by atoms with E-state index in [0.29, 0.717) is 22.2 Å². The first kappa shape index (κ1) is 21.5. The van der Waals surface area contributed by atoms with E-state index in [0.717, 1.165) is 5.56 Å². The Morgan fingerprint density at radius 3 is 2.26 bits per heavy atom. The monoisotopic (exact) mass is 426 g/mol. The molecule has 27 heavy (non-hydrogen) atoms. The van der Waals surface area contributed by atoms with E-state index in [1.54, 1.807) is 18.2 Å². The Morgan fingerprint density at radius 1 is 1.04 bits per heavy atom. The van der Waals surface area contributed by atoms with E-state index < -0.39 is 6.04 Å². The molecule has 0 saturated heterocycles.